The molecule has 0 aliphatic heterocycles. The van der Waals surface area contributed by atoms with Crippen LogP contribution in [0.25, 0.3) is 0 Å². The van der Waals surface area contributed by atoms with Gasteiger partial charge < -0.3 is 25.7 Å². The van der Waals surface area contributed by atoms with Gasteiger partial charge in [0, 0.05) is 6.54 Å². The number of aliphatic carboxylic acids is 1. The summed E-state index contributed by atoms with van der Waals surface area (Å²) in [6.45, 7) is 0.229. The molecular weight excluding hydrogens is 386 g/mol. The van der Waals surface area contributed by atoms with Gasteiger partial charge in [-0.05, 0) is 50.4 Å². The molecule has 0 aliphatic rings. The first-order chi connectivity index (χ1) is 13.8. The molecule has 1 rings (SSSR count). The number of ether oxygens (including phenoxy) is 1. The first-order valence-electron chi connectivity index (χ1n) is 8.87. The smallest absolute Gasteiger partial charge is 0.419 e. The van der Waals surface area contributed by atoms with Gasteiger partial charge in [-0.15, -0.1) is 10.1 Å². The summed E-state index contributed by atoms with van der Waals surface area (Å²) in [4.78, 5) is 41.0. The number of aliphatic imine (C=N–C) groups is 1. The van der Waals surface area contributed by atoms with Gasteiger partial charge in [0.05, 0.1) is 6.61 Å². The van der Waals surface area contributed by atoms with Gasteiger partial charge in [-0.1, -0.05) is 12.1 Å². The van der Waals surface area contributed by atoms with E-state index in [1.54, 1.807) is 31.3 Å². The quantitative estimate of drug-likeness (QED) is 0.126. The molecule has 0 saturated heterocycles. The number of hydrogen-bond acceptors (Lipinski definition) is 8. The molecule has 0 aromatic heterocycles. The molecule has 160 valence electrons. The van der Waals surface area contributed by atoms with Crippen LogP contribution in [-0.2, 0) is 16.1 Å². The maximum Gasteiger partial charge on any atom is 0.419 e. The number of nitrogens with two attached hydrogens (primary N) is 1. The van der Waals surface area contributed by atoms with E-state index in [-0.39, 0.29) is 24.9 Å². The second-order valence-corrected chi connectivity index (χ2v) is 5.91. The van der Waals surface area contributed by atoms with E-state index in [9.17, 15) is 19.7 Å². The molecule has 0 heterocycles. The highest BCUT2D eigenvalue weighted by atomic mass is 16.9. The van der Waals surface area contributed by atoms with E-state index >= 15 is 0 Å². The Morgan fingerprint density at radius 3 is 2.79 bits per heavy atom. The number of amides is 1. The number of rotatable bonds is 12. The van der Waals surface area contributed by atoms with Gasteiger partial charge in [0.2, 0.25) is 0 Å². The molecule has 0 fully saturated rings. The average Bonchev–Trinajstić information content (AvgIpc) is 2.65. The Labute approximate surface area is 167 Å². The van der Waals surface area contributed by atoms with Gasteiger partial charge in [-0.2, -0.15) is 0 Å². The van der Waals surface area contributed by atoms with Crippen LogP contribution in [-0.4, -0.2) is 54.5 Å². The lowest BCUT2D eigenvalue weighted by Gasteiger charge is -2.10. The number of carboxylic acid groups (broad SMARTS) is 1. The lowest BCUT2D eigenvalue weighted by Crippen LogP contribution is -2.39. The number of nitrogens with one attached hydrogen (secondary N) is 2. The molecule has 29 heavy (non-hydrogen) atoms. The van der Waals surface area contributed by atoms with Gasteiger partial charge in [0.15, 0.2) is 5.96 Å². The Hall–Kier alpha value is -3.41. The summed E-state index contributed by atoms with van der Waals surface area (Å²) in [6.07, 6.45) is 0.968. The number of likely N-dealkylation sites (N-methyl/N-ethyl adjacent to an activating group) is 1. The lowest BCUT2D eigenvalue weighted by atomic mass is 10.1. The SMILES string of the molecule is CNC(CCCN=C(N)NC(=O)Oc1cccc(CCCO[N+](=O)[O-])c1)C(=O)O. The number of carboxylic acids is 1. The molecule has 1 atom stereocenters. The van der Waals surface area contributed by atoms with Crippen molar-refractivity contribution in [1.82, 2.24) is 10.6 Å². The van der Waals surface area contributed by atoms with Crippen molar-refractivity contribution in [1.29, 1.82) is 0 Å². The monoisotopic (exact) mass is 411 g/mol. The molecule has 1 aromatic carbocycles. The Morgan fingerprint density at radius 2 is 2.14 bits per heavy atom. The summed E-state index contributed by atoms with van der Waals surface area (Å²) in [6, 6.07) is 6.02. The molecule has 0 bridgehead atoms. The van der Waals surface area contributed by atoms with E-state index in [4.69, 9.17) is 15.6 Å². The highest BCUT2D eigenvalue weighted by Gasteiger charge is 2.13. The molecule has 0 saturated carbocycles. The number of benzene rings is 1. The van der Waals surface area contributed by atoms with Crippen molar-refractivity contribution in [2.24, 2.45) is 10.7 Å². The van der Waals surface area contributed by atoms with E-state index in [0.717, 1.165) is 5.56 Å². The number of aryl methyl sites for hydroxylation is 1. The zero-order valence-corrected chi connectivity index (χ0v) is 16.0. The van der Waals surface area contributed by atoms with Crippen LogP contribution in [0.3, 0.4) is 0 Å². The molecule has 5 N–H and O–H groups in total. The maximum absolute atomic E-state index is 11.9. The first kappa shape index (κ1) is 23.6. The summed E-state index contributed by atoms with van der Waals surface area (Å²) in [5.41, 5.74) is 6.43. The Bertz CT molecular complexity index is 726. The number of nitrogens with zero attached hydrogens (tertiary/aromatic N) is 2. The fourth-order valence-electron chi connectivity index (χ4n) is 2.34. The van der Waals surface area contributed by atoms with Crippen LogP contribution in [0.5, 0.6) is 5.75 Å². The molecule has 1 unspecified atom stereocenters. The summed E-state index contributed by atoms with van der Waals surface area (Å²) in [5, 5.41) is 23.1. The van der Waals surface area contributed by atoms with Crippen LogP contribution in [0, 0.1) is 10.1 Å². The minimum Gasteiger partial charge on any atom is -0.480 e. The minimum atomic E-state index is -0.946. The standard InChI is InChI=1S/C17H25N5O7/c1-19-14(15(23)24)8-3-9-20-16(18)21-17(25)29-13-7-2-5-12(11-13)6-4-10-28-22(26)27/h2,5,7,11,14,19H,3-4,6,8-10H2,1H3,(H,23,24)(H3,18,20,21,25). The summed E-state index contributed by atoms with van der Waals surface area (Å²) < 4.78 is 5.13. The molecular formula is C17H25N5O7. The number of carbonyl (C=O) groups is 2. The molecule has 0 aliphatic carbocycles. The highest BCUT2D eigenvalue weighted by molar-refractivity contribution is 5.93. The lowest BCUT2D eigenvalue weighted by molar-refractivity contribution is -0.757. The van der Waals surface area contributed by atoms with Gasteiger partial charge >= 0.3 is 12.1 Å². The topological polar surface area (TPSA) is 178 Å². The second kappa shape index (κ2) is 12.9. The summed E-state index contributed by atoms with van der Waals surface area (Å²) in [5.74, 6) is -0.806. The fourth-order valence-corrected chi connectivity index (χ4v) is 2.34. The highest BCUT2D eigenvalue weighted by Crippen LogP contribution is 2.15. The number of carbonyl (C=O) groups excluding carboxylic acids is 1. The molecule has 12 heteroatoms. The van der Waals surface area contributed by atoms with Crippen molar-refractivity contribution in [3.05, 3.63) is 39.9 Å². The zero-order valence-electron chi connectivity index (χ0n) is 16.0. The van der Waals surface area contributed by atoms with Crippen molar-refractivity contribution in [3.63, 3.8) is 0 Å². The minimum absolute atomic E-state index is 0.0207. The van der Waals surface area contributed by atoms with E-state index in [0.29, 0.717) is 25.7 Å². The Morgan fingerprint density at radius 1 is 1.38 bits per heavy atom. The molecule has 0 radical (unpaired) electrons. The van der Waals surface area contributed by atoms with Crippen LogP contribution in [0.1, 0.15) is 24.8 Å². The van der Waals surface area contributed by atoms with Crippen LogP contribution in [0.2, 0.25) is 0 Å². The normalized spacial score (nSPS) is 12.1. The third-order valence-electron chi connectivity index (χ3n) is 3.73. The summed E-state index contributed by atoms with van der Waals surface area (Å²) >= 11 is 0. The molecule has 12 nitrogen and oxygen atoms in total. The second-order valence-electron chi connectivity index (χ2n) is 5.91. The predicted octanol–water partition coefficient (Wildman–Crippen LogP) is 0.683. The van der Waals surface area contributed by atoms with Gasteiger partial charge in [0.25, 0.3) is 5.09 Å². The van der Waals surface area contributed by atoms with E-state index < -0.39 is 23.2 Å². The summed E-state index contributed by atoms with van der Waals surface area (Å²) in [7, 11) is 1.56. The van der Waals surface area contributed by atoms with Crippen LogP contribution in [0.15, 0.2) is 29.3 Å². The predicted molar refractivity (Wildman–Crippen MR) is 103 cm³/mol. The van der Waals surface area contributed by atoms with Crippen molar-refractivity contribution in [2.45, 2.75) is 31.7 Å². The molecule has 0 spiro atoms. The van der Waals surface area contributed by atoms with Crippen LogP contribution < -0.4 is 21.1 Å². The van der Waals surface area contributed by atoms with Crippen molar-refractivity contribution < 1.29 is 29.4 Å². The largest absolute Gasteiger partial charge is 0.480 e. The van der Waals surface area contributed by atoms with E-state index in [1.807, 2.05) is 0 Å². The van der Waals surface area contributed by atoms with Crippen molar-refractivity contribution in [2.75, 3.05) is 20.2 Å². The zero-order chi connectivity index (χ0) is 21.6. The number of hydrogen-bond donors (Lipinski definition) is 4. The van der Waals surface area contributed by atoms with E-state index in [2.05, 4.69) is 20.5 Å². The Kier molecular flexibility index (Phi) is 10.5. The van der Waals surface area contributed by atoms with Gasteiger partial charge in [0.1, 0.15) is 11.8 Å². The van der Waals surface area contributed by atoms with Crippen LogP contribution >= 0.6 is 0 Å². The average molecular weight is 411 g/mol. The fraction of sp³-hybridized carbons (Fsp3) is 0.471. The van der Waals surface area contributed by atoms with Crippen molar-refractivity contribution >= 4 is 18.0 Å². The molecule has 1 aromatic rings. The number of guanidine groups is 1. The molecule has 1 amide bonds. The third kappa shape index (κ3) is 10.5. The third-order valence-corrected chi connectivity index (χ3v) is 3.73. The van der Waals surface area contributed by atoms with E-state index in [1.165, 1.54) is 0 Å². The van der Waals surface area contributed by atoms with Gasteiger partial charge in [-0.3, -0.25) is 15.1 Å². The van der Waals surface area contributed by atoms with Gasteiger partial charge in [-0.25, -0.2) is 4.79 Å². The Balaban J connectivity index is 2.40. The van der Waals surface area contributed by atoms with Crippen molar-refractivity contribution in [3.8, 4) is 5.75 Å². The first-order valence-corrected chi connectivity index (χ1v) is 8.87. The van der Waals surface area contributed by atoms with Crippen LogP contribution in [0.4, 0.5) is 4.79 Å². The maximum atomic E-state index is 11.9.